The molecule has 0 amide bonds. The number of pyridine rings is 1. The minimum absolute atomic E-state index is 0.397. The first kappa shape index (κ1) is 33.6. The van der Waals surface area contributed by atoms with Gasteiger partial charge in [-0.1, -0.05) is 111 Å². The van der Waals surface area contributed by atoms with E-state index in [4.69, 9.17) is 19.7 Å². The molecule has 39 heavy (non-hydrogen) atoms. The predicted molar refractivity (Wildman–Crippen MR) is 172 cm³/mol. The van der Waals surface area contributed by atoms with Crippen LogP contribution in [-0.4, -0.2) is 37.7 Å². The van der Waals surface area contributed by atoms with E-state index in [1.807, 2.05) is 24.7 Å². The Bertz CT molecular complexity index is 845. The van der Waals surface area contributed by atoms with Gasteiger partial charge in [-0.2, -0.15) is 0 Å². The van der Waals surface area contributed by atoms with Gasteiger partial charge in [0.05, 0.1) is 27.1 Å². The molecule has 0 aromatic carbocycles. The van der Waals surface area contributed by atoms with E-state index < -0.39 is 9.52 Å². The fourth-order valence-corrected chi connectivity index (χ4v) is 7.04. The topological polar surface area (TPSA) is 47.9 Å². The van der Waals surface area contributed by atoms with Gasteiger partial charge in [-0.05, 0) is 49.7 Å². The van der Waals surface area contributed by atoms with E-state index in [-0.39, 0.29) is 0 Å². The van der Waals surface area contributed by atoms with Gasteiger partial charge in [-0.25, -0.2) is 0 Å². The molecule has 2 rings (SSSR count). The van der Waals surface area contributed by atoms with Crippen molar-refractivity contribution in [2.45, 2.75) is 136 Å². The van der Waals surface area contributed by atoms with Gasteiger partial charge in [0.25, 0.3) is 0 Å². The maximum Gasteiger partial charge on any atom is 0.0899 e. The van der Waals surface area contributed by atoms with Crippen LogP contribution in [0, 0.1) is 11.8 Å². The molecule has 2 aromatic rings. The summed E-state index contributed by atoms with van der Waals surface area (Å²) in [5, 5.41) is 1.30. The van der Waals surface area contributed by atoms with Gasteiger partial charge in [0.1, 0.15) is 0 Å². The lowest BCUT2D eigenvalue weighted by Crippen LogP contribution is -2.21. The minimum Gasteiger partial charge on any atom is -0.381 e. The zero-order valence-corrected chi connectivity index (χ0v) is 27.3. The van der Waals surface area contributed by atoms with Gasteiger partial charge < -0.3 is 4.74 Å². The average Bonchev–Trinajstić information content (AvgIpc) is 2.96. The molecule has 2 heterocycles. The summed E-state index contributed by atoms with van der Waals surface area (Å²) >= 11 is 0. The Labute approximate surface area is 243 Å². The number of rotatable bonds is 24. The predicted octanol–water partition coefficient (Wildman–Crippen LogP) is 8.47. The fourth-order valence-electron chi connectivity index (χ4n) is 5.30. The zero-order chi connectivity index (χ0) is 28.0. The lowest BCUT2D eigenvalue weighted by Gasteiger charge is -2.15. The standard InChI is InChI=1S/C34H59N3OSi/c1-5-7-9-13-24-38-25-14-11-19-31-27-37-33(28-36-31)32-20-16-23-35-34(32)39-26-15-12-18-30(4)22-21-29(3)17-10-8-6-2/h16,20,23,27-30H,5-15,17-19,21-22,24-26,39H2,1-4H3. The molecule has 0 aliphatic rings. The highest BCUT2D eigenvalue weighted by Gasteiger charge is 2.10. The van der Waals surface area contributed by atoms with Crippen molar-refractivity contribution in [1.29, 1.82) is 0 Å². The Balaban J connectivity index is 1.64. The summed E-state index contributed by atoms with van der Waals surface area (Å²) in [6, 6.07) is 5.55. The first-order chi connectivity index (χ1) is 19.1. The quantitative estimate of drug-likeness (QED) is 0.0966. The van der Waals surface area contributed by atoms with Crippen LogP contribution in [0.3, 0.4) is 0 Å². The lowest BCUT2D eigenvalue weighted by molar-refractivity contribution is 0.126. The van der Waals surface area contributed by atoms with Crippen molar-refractivity contribution in [1.82, 2.24) is 15.0 Å². The van der Waals surface area contributed by atoms with E-state index in [0.29, 0.717) is 0 Å². The number of hydrogen-bond donors (Lipinski definition) is 0. The fraction of sp³-hybridized carbons (Fsp3) is 0.735. The molecule has 0 bridgehead atoms. The van der Waals surface area contributed by atoms with Crippen LogP contribution < -0.4 is 5.32 Å². The highest BCUT2D eigenvalue weighted by Crippen LogP contribution is 2.21. The van der Waals surface area contributed by atoms with Crippen molar-refractivity contribution in [3.63, 3.8) is 0 Å². The molecule has 0 saturated carbocycles. The van der Waals surface area contributed by atoms with Crippen LogP contribution >= 0.6 is 0 Å². The van der Waals surface area contributed by atoms with Gasteiger partial charge in [0, 0.05) is 36.5 Å². The third-order valence-corrected chi connectivity index (χ3v) is 9.94. The number of aromatic nitrogens is 3. The summed E-state index contributed by atoms with van der Waals surface area (Å²) in [6.45, 7) is 11.2. The van der Waals surface area contributed by atoms with Crippen LogP contribution in [0.2, 0.25) is 6.04 Å². The molecule has 220 valence electrons. The molecule has 4 nitrogen and oxygen atoms in total. The Hall–Kier alpha value is -1.59. The second kappa shape index (κ2) is 22.1. The van der Waals surface area contributed by atoms with Crippen LogP contribution in [-0.2, 0) is 11.2 Å². The van der Waals surface area contributed by atoms with E-state index in [1.54, 1.807) is 0 Å². The molecule has 0 fully saturated rings. The van der Waals surface area contributed by atoms with Crippen molar-refractivity contribution < 1.29 is 4.74 Å². The largest absolute Gasteiger partial charge is 0.381 e. The molecule has 0 aliphatic carbocycles. The van der Waals surface area contributed by atoms with Gasteiger partial charge in [-0.15, -0.1) is 0 Å². The minimum atomic E-state index is -0.397. The van der Waals surface area contributed by atoms with E-state index in [1.165, 1.54) is 100 Å². The Morgan fingerprint density at radius 3 is 2.10 bits per heavy atom. The summed E-state index contributed by atoms with van der Waals surface area (Å²) < 4.78 is 5.76. The van der Waals surface area contributed by atoms with Crippen LogP contribution in [0.5, 0.6) is 0 Å². The lowest BCUT2D eigenvalue weighted by atomic mass is 9.91. The molecule has 0 saturated heterocycles. The first-order valence-corrected chi connectivity index (χ1v) is 18.2. The van der Waals surface area contributed by atoms with Gasteiger partial charge in [0.2, 0.25) is 0 Å². The highest BCUT2D eigenvalue weighted by atomic mass is 28.2. The number of aryl methyl sites for hydroxylation is 1. The first-order valence-electron chi connectivity index (χ1n) is 16.5. The number of unbranched alkanes of at least 4 members (excludes halogenated alkanes) is 7. The molecule has 0 spiro atoms. The molecule has 2 unspecified atom stereocenters. The maximum absolute atomic E-state index is 5.76. The second-order valence-corrected chi connectivity index (χ2v) is 13.8. The summed E-state index contributed by atoms with van der Waals surface area (Å²) in [6.07, 6.45) is 26.6. The molecule has 2 aromatic heterocycles. The SMILES string of the molecule is CCCCCCOCCCCc1cnc(-c2cccnc2[SiH2]CCCCC(C)CCC(C)CCCCC)cn1. The van der Waals surface area contributed by atoms with Crippen LogP contribution in [0.15, 0.2) is 30.7 Å². The van der Waals surface area contributed by atoms with Crippen molar-refractivity contribution in [3.8, 4) is 11.3 Å². The highest BCUT2D eigenvalue weighted by molar-refractivity contribution is 6.54. The van der Waals surface area contributed by atoms with Crippen molar-refractivity contribution >= 4 is 14.8 Å². The third-order valence-electron chi connectivity index (χ3n) is 8.05. The molecular weight excluding hydrogens is 494 g/mol. The summed E-state index contributed by atoms with van der Waals surface area (Å²) in [7, 11) is -0.397. The van der Waals surface area contributed by atoms with E-state index in [2.05, 4.69) is 33.8 Å². The van der Waals surface area contributed by atoms with Crippen molar-refractivity contribution in [2.75, 3.05) is 13.2 Å². The van der Waals surface area contributed by atoms with Crippen LogP contribution in [0.1, 0.15) is 130 Å². The molecule has 2 atom stereocenters. The molecule has 0 radical (unpaired) electrons. The Morgan fingerprint density at radius 2 is 1.41 bits per heavy atom. The summed E-state index contributed by atoms with van der Waals surface area (Å²) in [5.41, 5.74) is 3.26. The zero-order valence-electron chi connectivity index (χ0n) is 25.9. The van der Waals surface area contributed by atoms with Crippen molar-refractivity contribution in [3.05, 3.63) is 36.4 Å². The van der Waals surface area contributed by atoms with Crippen LogP contribution in [0.4, 0.5) is 0 Å². The van der Waals surface area contributed by atoms with Crippen LogP contribution in [0.25, 0.3) is 11.3 Å². The maximum atomic E-state index is 5.76. The average molecular weight is 554 g/mol. The second-order valence-electron chi connectivity index (χ2n) is 11.9. The molecule has 5 heteroatoms. The van der Waals surface area contributed by atoms with Gasteiger partial charge >= 0.3 is 0 Å². The van der Waals surface area contributed by atoms with E-state index in [0.717, 1.165) is 55.7 Å². The Kier molecular flexibility index (Phi) is 19.1. The number of nitrogens with zero attached hydrogens (tertiary/aromatic N) is 3. The Morgan fingerprint density at radius 1 is 0.718 bits per heavy atom. The van der Waals surface area contributed by atoms with E-state index >= 15 is 0 Å². The number of hydrogen-bond acceptors (Lipinski definition) is 4. The monoisotopic (exact) mass is 553 g/mol. The van der Waals surface area contributed by atoms with Gasteiger partial charge in [-0.3, -0.25) is 15.0 Å². The molecular formula is C34H59N3OSi. The van der Waals surface area contributed by atoms with Crippen molar-refractivity contribution in [2.24, 2.45) is 11.8 Å². The molecule has 0 N–H and O–H groups in total. The van der Waals surface area contributed by atoms with Gasteiger partial charge in [0.15, 0.2) is 0 Å². The smallest absolute Gasteiger partial charge is 0.0899 e. The number of ether oxygens (including phenoxy) is 1. The normalized spacial score (nSPS) is 13.3. The summed E-state index contributed by atoms with van der Waals surface area (Å²) in [4.78, 5) is 14.3. The van der Waals surface area contributed by atoms with E-state index in [9.17, 15) is 0 Å². The molecule has 0 aliphatic heterocycles. The summed E-state index contributed by atoms with van der Waals surface area (Å²) in [5.74, 6) is 1.76. The third kappa shape index (κ3) is 15.7.